The van der Waals surface area contributed by atoms with Gasteiger partial charge in [0.2, 0.25) is 0 Å². The first-order valence-corrected chi connectivity index (χ1v) is 9.53. The lowest BCUT2D eigenvalue weighted by Crippen LogP contribution is -1.87. The molecule has 0 aromatic heterocycles. The van der Waals surface area contributed by atoms with Gasteiger partial charge in [0.05, 0.1) is 0 Å². The highest BCUT2D eigenvalue weighted by molar-refractivity contribution is 5.15. The van der Waals surface area contributed by atoms with Crippen LogP contribution in [0, 0.1) is 0 Å². The Kier molecular flexibility index (Phi) is 9.23. The van der Waals surface area contributed by atoms with Gasteiger partial charge in [-0.3, -0.25) is 0 Å². The summed E-state index contributed by atoms with van der Waals surface area (Å²) in [5.74, 6) is 0. The van der Waals surface area contributed by atoms with Crippen LogP contribution in [0.2, 0.25) is 0 Å². The molecular formula is C23H32. The van der Waals surface area contributed by atoms with E-state index in [2.05, 4.69) is 60.7 Å². The molecule has 0 spiro atoms. The Balaban J connectivity index is 1.34. The third-order valence-electron chi connectivity index (χ3n) is 4.62. The van der Waals surface area contributed by atoms with E-state index in [1.54, 1.807) is 0 Å². The predicted octanol–water partition coefficient (Wildman–Crippen LogP) is 6.98. The molecule has 0 bridgehead atoms. The lowest BCUT2D eigenvalue weighted by Gasteiger charge is -2.04. The van der Waals surface area contributed by atoms with Crippen LogP contribution >= 0.6 is 0 Å². The number of aryl methyl sites for hydroxylation is 2. The third kappa shape index (κ3) is 8.59. The molecule has 0 saturated heterocycles. The Morgan fingerprint density at radius 2 is 0.652 bits per heavy atom. The second-order valence-corrected chi connectivity index (χ2v) is 6.65. The van der Waals surface area contributed by atoms with Gasteiger partial charge in [-0.05, 0) is 36.8 Å². The van der Waals surface area contributed by atoms with Gasteiger partial charge in [-0.2, -0.15) is 0 Å². The average molecular weight is 309 g/mol. The Hall–Kier alpha value is -1.56. The van der Waals surface area contributed by atoms with Crippen molar-refractivity contribution >= 4 is 0 Å². The second-order valence-electron chi connectivity index (χ2n) is 6.65. The van der Waals surface area contributed by atoms with Crippen molar-refractivity contribution in [3.05, 3.63) is 71.8 Å². The largest absolute Gasteiger partial charge is 0.0622 e. The molecule has 0 saturated carbocycles. The van der Waals surface area contributed by atoms with E-state index < -0.39 is 0 Å². The normalized spacial score (nSPS) is 10.8. The first-order chi connectivity index (χ1) is 11.4. The maximum absolute atomic E-state index is 2.25. The summed E-state index contributed by atoms with van der Waals surface area (Å²) in [6.45, 7) is 0. The van der Waals surface area contributed by atoms with Crippen molar-refractivity contribution in [1.82, 2.24) is 0 Å². The van der Waals surface area contributed by atoms with Gasteiger partial charge in [0.15, 0.2) is 0 Å². The summed E-state index contributed by atoms with van der Waals surface area (Å²) in [6.07, 6.45) is 15.1. The molecule has 0 aliphatic heterocycles. The lowest BCUT2D eigenvalue weighted by atomic mass is 10.0. The van der Waals surface area contributed by atoms with Crippen LogP contribution < -0.4 is 0 Å². The van der Waals surface area contributed by atoms with E-state index >= 15 is 0 Å². The maximum Gasteiger partial charge on any atom is -0.0279 e. The Morgan fingerprint density at radius 1 is 0.348 bits per heavy atom. The van der Waals surface area contributed by atoms with E-state index in [0.717, 1.165) is 0 Å². The number of unbranched alkanes of at least 4 members (excludes halogenated alkanes) is 8. The summed E-state index contributed by atoms with van der Waals surface area (Å²) in [4.78, 5) is 0. The molecule has 0 radical (unpaired) electrons. The zero-order valence-corrected chi connectivity index (χ0v) is 14.6. The fourth-order valence-electron chi connectivity index (χ4n) is 3.19. The van der Waals surface area contributed by atoms with Crippen LogP contribution in [0.4, 0.5) is 0 Å². The van der Waals surface area contributed by atoms with Crippen LogP contribution in [0.1, 0.15) is 68.9 Å². The van der Waals surface area contributed by atoms with E-state index in [-0.39, 0.29) is 0 Å². The zero-order valence-electron chi connectivity index (χ0n) is 14.6. The van der Waals surface area contributed by atoms with Crippen molar-refractivity contribution in [1.29, 1.82) is 0 Å². The van der Waals surface area contributed by atoms with Gasteiger partial charge in [-0.1, -0.05) is 106 Å². The standard InChI is InChI=1S/C23H32/c1(2-4-6-10-16-22-18-12-8-13-19-22)3-5-7-11-17-23-20-14-9-15-21-23/h8-9,12-15,18-21H,1-7,10-11,16-17H2. The van der Waals surface area contributed by atoms with E-state index in [9.17, 15) is 0 Å². The van der Waals surface area contributed by atoms with Gasteiger partial charge in [0.1, 0.15) is 0 Å². The van der Waals surface area contributed by atoms with Crippen molar-refractivity contribution in [3.8, 4) is 0 Å². The third-order valence-corrected chi connectivity index (χ3v) is 4.62. The summed E-state index contributed by atoms with van der Waals surface area (Å²) in [5, 5.41) is 0. The molecule has 0 N–H and O–H groups in total. The van der Waals surface area contributed by atoms with Gasteiger partial charge in [-0.25, -0.2) is 0 Å². The van der Waals surface area contributed by atoms with Gasteiger partial charge in [0, 0.05) is 0 Å². The molecule has 124 valence electrons. The summed E-state index contributed by atoms with van der Waals surface area (Å²) in [6, 6.07) is 21.8. The van der Waals surface area contributed by atoms with Crippen LogP contribution in [0.5, 0.6) is 0 Å². The number of hydrogen-bond donors (Lipinski definition) is 0. The quantitative estimate of drug-likeness (QED) is 0.371. The average Bonchev–Trinajstić information content (AvgIpc) is 2.61. The van der Waals surface area contributed by atoms with Crippen molar-refractivity contribution < 1.29 is 0 Å². The van der Waals surface area contributed by atoms with Crippen LogP contribution in [-0.2, 0) is 12.8 Å². The Labute approximate surface area is 143 Å². The Bertz CT molecular complexity index is 438. The van der Waals surface area contributed by atoms with Crippen LogP contribution in [-0.4, -0.2) is 0 Å². The zero-order chi connectivity index (χ0) is 16.0. The molecule has 0 heteroatoms. The smallest absolute Gasteiger partial charge is 0.0279 e. The predicted molar refractivity (Wildman–Crippen MR) is 102 cm³/mol. The fourth-order valence-corrected chi connectivity index (χ4v) is 3.19. The minimum Gasteiger partial charge on any atom is -0.0622 e. The summed E-state index contributed by atoms with van der Waals surface area (Å²) in [7, 11) is 0. The topological polar surface area (TPSA) is 0 Å². The SMILES string of the molecule is c1ccc(CCCCCCCCCCCc2ccccc2)cc1. The number of rotatable bonds is 12. The summed E-state index contributed by atoms with van der Waals surface area (Å²) in [5.41, 5.74) is 2.98. The molecule has 0 amide bonds. The minimum absolute atomic E-state index is 1.25. The molecule has 0 aliphatic carbocycles. The molecule has 0 aliphatic rings. The molecule has 0 atom stereocenters. The number of benzene rings is 2. The molecular weight excluding hydrogens is 276 g/mol. The first-order valence-electron chi connectivity index (χ1n) is 9.53. The van der Waals surface area contributed by atoms with E-state index in [1.165, 1.54) is 81.8 Å². The summed E-state index contributed by atoms with van der Waals surface area (Å²) >= 11 is 0. The molecule has 0 unspecified atom stereocenters. The monoisotopic (exact) mass is 308 g/mol. The van der Waals surface area contributed by atoms with Gasteiger partial charge in [0.25, 0.3) is 0 Å². The van der Waals surface area contributed by atoms with Gasteiger partial charge >= 0.3 is 0 Å². The molecule has 0 nitrogen and oxygen atoms in total. The van der Waals surface area contributed by atoms with E-state index in [1.807, 2.05) is 0 Å². The van der Waals surface area contributed by atoms with Crippen molar-refractivity contribution in [2.45, 2.75) is 70.6 Å². The Morgan fingerprint density at radius 3 is 1.00 bits per heavy atom. The molecule has 2 aromatic carbocycles. The van der Waals surface area contributed by atoms with Gasteiger partial charge < -0.3 is 0 Å². The van der Waals surface area contributed by atoms with Gasteiger partial charge in [-0.15, -0.1) is 0 Å². The second kappa shape index (κ2) is 11.9. The maximum atomic E-state index is 2.25. The summed E-state index contributed by atoms with van der Waals surface area (Å²) < 4.78 is 0. The van der Waals surface area contributed by atoms with Crippen molar-refractivity contribution in [3.63, 3.8) is 0 Å². The number of hydrogen-bond acceptors (Lipinski definition) is 0. The van der Waals surface area contributed by atoms with Crippen LogP contribution in [0.15, 0.2) is 60.7 Å². The molecule has 2 aromatic rings. The van der Waals surface area contributed by atoms with Crippen LogP contribution in [0.25, 0.3) is 0 Å². The fraction of sp³-hybridized carbons (Fsp3) is 0.478. The lowest BCUT2D eigenvalue weighted by molar-refractivity contribution is 0.558. The van der Waals surface area contributed by atoms with Crippen molar-refractivity contribution in [2.24, 2.45) is 0 Å². The molecule has 0 heterocycles. The molecule has 23 heavy (non-hydrogen) atoms. The van der Waals surface area contributed by atoms with E-state index in [4.69, 9.17) is 0 Å². The highest BCUT2D eigenvalue weighted by atomic mass is 14.0. The minimum atomic E-state index is 1.25. The van der Waals surface area contributed by atoms with Crippen molar-refractivity contribution in [2.75, 3.05) is 0 Å². The first kappa shape index (κ1) is 17.8. The molecule has 2 rings (SSSR count). The van der Waals surface area contributed by atoms with E-state index in [0.29, 0.717) is 0 Å². The molecule has 0 fully saturated rings. The highest BCUT2D eigenvalue weighted by Gasteiger charge is 1.95. The highest BCUT2D eigenvalue weighted by Crippen LogP contribution is 2.13. The van der Waals surface area contributed by atoms with Crippen LogP contribution in [0.3, 0.4) is 0 Å².